The van der Waals surface area contributed by atoms with Crippen molar-refractivity contribution >= 4 is 17.6 Å². The van der Waals surface area contributed by atoms with Gasteiger partial charge in [-0.15, -0.1) is 11.8 Å². The summed E-state index contributed by atoms with van der Waals surface area (Å²) in [6.07, 6.45) is 0. The third kappa shape index (κ3) is 2.82. The third-order valence-electron chi connectivity index (χ3n) is 2.21. The molecule has 2 heterocycles. The molecule has 1 fully saturated rings. The molecule has 0 saturated carbocycles. The summed E-state index contributed by atoms with van der Waals surface area (Å²) < 4.78 is 5.12. The molecule has 0 atom stereocenters. The van der Waals surface area contributed by atoms with Crippen LogP contribution in [0, 0.1) is 6.92 Å². The van der Waals surface area contributed by atoms with E-state index in [-0.39, 0.29) is 0 Å². The van der Waals surface area contributed by atoms with Gasteiger partial charge < -0.3 is 10.1 Å². The van der Waals surface area contributed by atoms with Crippen LogP contribution in [0.1, 0.15) is 11.5 Å². The highest BCUT2D eigenvalue weighted by Crippen LogP contribution is 2.22. The van der Waals surface area contributed by atoms with Gasteiger partial charge in [-0.3, -0.25) is 0 Å². The molecule has 0 unspecified atom stereocenters. The number of aromatic nitrogens is 2. The number of aryl methyl sites for hydroxylation is 1. The molecule has 1 aromatic rings. The van der Waals surface area contributed by atoms with Crippen molar-refractivity contribution in [2.75, 3.05) is 25.6 Å². The van der Waals surface area contributed by atoms with Crippen LogP contribution >= 0.6 is 11.8 Å². The lowest BCUT2D eigenvalue weighted by Crippen LogP contribution is -2.30. The SMILES string of the molecule is CNc1cc(C)nc(CSC2COC2)n1. The van der Waals surface area contributed by atoms with Gasteiger partial charge >= 0.3 is 0 Å². The summed E-state index contributed by atoms with van der Waals surface area (Å²) in [6, 6.07) is 1.95. The third-order valence-corrected chi connectivity index (χ3v) is 3.38. The average molecular weight is 225 g/mol. The summed E-state index contributed by atoms with van der Waals surface area (Å²) >= 11 is 1.87. The summed E-state index contributed by atoms with van der Waals surface area (Å²) in [5.41, 5.74) is 1.01. The molecule has 82 valence electrons. The monoisotopic (exact) mass is 225 g/mol. The van der Waals surface area contributed by atoms with Crippen molar-refractivity contribution in [3.8, 4) is 0 Å². The molecular formula is C10H15N3OS. The Hall–Kier alpha value is -0.810. The first-order valence-corrected chi connectivity index (χ1v) is 6.04. The van der Waals surface area contributed by atoms with Crippen molar-refractivity contribution in [3.63, 3.8) is 0 Å². The number of thioether (sulfide) groups is 1. The number of nitrogens with zero attached hydrogens (tertiary/aromatic N) is 2. The molecule has 2 rings (SSSR count). The zero-order chi connectivity index (χ0) is 10.7. The van der Waals surface area contributed by atoms with Crippen LogP contribution in [0.25, 0.3) is 0 Å². The van der Waals surface area contributed by atoms with Gasteiger partial charge in [-0.05, 0) is 6.92 Å². The maximum Gasteiger partial charge on any atom is 0.140 e. The fourth-order valence-corrected chi connectivity index (χ4v) is 2.22. The molecule has 15 heavy (non-hydrogen) atoms. The number of rotatable bonds is 4. The van der Waals surface area contributed by atoms with Crippen molar-refractivity contribution in [3.05, 3.63) is 17.6 Å². The quantitative estimate of drug-likeness (QED) is 0.840. The smallest absolute Gasteiger partial charge is 0.140 e. The van der Waals surface area contributed by atoms with Gasteiger partial charge in [0.25, 0.3) is 0 Å². The minimum atomic E-state index is 0.632. The van der Waals surface area contributed by atoms with E-state index in [9.17, 15) is 0 Å². The number of hydrogen-bond donors (Lipinski definition) is 1. The molecule has 4 nitrogen and oxygen atoms in total. The van der Waals surface area contributed by atoms with E-state index in [2.05, 4.69) is 15.3 Å². The first kappa shape index (κ1) is 10.7. The van der Waals surface area contributed by atoms with Crippen LogP contribution in [-0.4, -0.2) is 35.5 Å². The van der Waals surface area contributed by atoms with Gasteiger partial charge in [0.1, 0.15) is 11.6 Å². The Morgan fingerprint density at radius 1 is 1.53 bits per heavy atom. The molecule has 5 heteroatoms. The second kappa shape index (κ2) is 4.81. The number of nitrogens with one attached hydrogen (secondary N) is 1. The first-order chi connectivity index (χ1) is 7.28. The Labute approximate surface area is 93.8 Å². The minimum Gasteiger partial charge on any atom is -0.379 e. The molecule has 1 N–H and O–H groups in total. The Kier molecular flexibility index (Phi) is 3.43. The highest BCUT2D eigenvalue weighted by Gasteiger charge is 2.19. The van der Waals surface area contributed by atoms with Gasteiger partial charge in [0.15, 0.2) is 0 Å². The predicted molar refractivity (Wildman–Crippen MR) is 62.2 cm³/mol. The van der Waals surface area contributed by atoms with Crippen LogP contribution in [0.5, 0.6) is 0 Å². The fourth-order valence-electron chi connectivity index (χ4n) is 1.33. The summed E-state index contributed by atoms with van der Waals surface area (Å²) in [7, 11) is 1.87. The second-order valence-corrected chi connectivity index (χ2v) is 4.82. The highest BCUT2D eigenvalue weighted by molar-refractivity contribution is 7.99. The van der Waals surface area contributed by atoms with E-state index in [1.165, 1.54) is 0 Å². The van der Waals surface area contributed by atoms with Crippen molar-refractivity contribution < 1.29 is 4.74 Å². The van der Waals surface area contributed by atoms with E-state index < -0.39 is 0 Å². The molecule has 0 aliphatic carbocycles. The lowest BCUT2D eigenvalue weighted by Gasteiger charge is -2.24. The summed E-state index contributed by atoms with van der Waals surface area (Å²) in [5.74, 6) is 2.66. The molecule has 0 spiro atoms. The summed E-state index contributed by atoms with van der Waals surface area (Å²) in [6.45, 7) is 3.73. The van der Waals surface area contributed by atoms with Gasteiger partial charge in [0.2, 0.25) is 0 Å². The number of anilines is 1. The maximum atomic E-state index is 5.12. The summed E-state index contributed by atoms with van der Waals surface area (Å²) in [4.78, 5) is 8.80. The van der Waals surface area contributed by atoms with E-state index in [4.69, 9.17) is 4.74 Å². The van der Waals surface area contributed by atoms with Crippen LogP contribution < -0.4 is 5.32 Å². The van der Waals surface area contributed by atoms with Crippen molar-refractivity contribution in [1.82, 2.24) is 9.97 Å². The van der Waals surface area contributed by atoms with E-state index in [0.29, 0.717) is 5.25 Å². The summed E-state index contributed by atoms with van der Waals surface area (Å²) in [5, 5.41) is 3.67. The van der Waals surface area contributed by atoms with Crippen LogP contribution in [-0.2, 0) is 10.5 Å². The van der Waals surface area contributed by atoms with E-state index in [1.807, 2.05) is 31.8 Å². The Balaban J connectivity index is 1.96. The zero-order valence-electron chi connectivity index (χ0n) is 8.99. The lowest BCUT2D eigenvalue weighted by atomic mass is 10.4. The van der Waals surface area contributed by atoms with Gasteiger partial charge in [-0.2, -0.15) is 0 Å². The topological polar surface area (TPSA) is 47.0 Å². The molecule has 1 aliphatic rings. The van der Waals surface area contributed by atoms with Gasteiger partial charge in [0.05, 0.1) is 24.2 Å². The molecule has 1 aliphatic heterocycles. The molecule has 1 aromatic heterocycles. The molecule has 1 saturated heterocycles. The second-order valence-electron chi connectivity index (χ2n) is 3.53. The van der Waals surface area contributed by atoms with E-state index >= 15 is 0 Å². The molecular weight excluding hydrogens is 210 g/mol. The van der Waals surface area contributed by atoms with Crippen LogP contribution in [0.2, 0.25) is 0 Å². The van der Waals surface area contributed by atoms with Crippen molar-refractivity contribution in [2.24, 2.45) is 0 Å². The highest BCUT2D eigenvalue weighted by atomic mass is 32.2. The molecule has 0 bridgehead atoms. The average Bonchev–Trinajstić information content (AvgIpc) is 2.14. The minimum absolute atomic E-state index is 0.632. The lowest BCUT2D eigenvalue weighted by molar-refractivity contribution is 0.0455. The molecule has 0 amide bonds. The Bertz CT molecular complexity index is 341. The van der Waals surface area contributed by atoms with Crippen LogP contribution in [0.3, 0.4) is 0 Å². The van der Waals surface area contributed by atoms with E-state index in [0.717, 1.165) is 36.3 Å². The first-order valence-electron chi connectivity index (χ1n) is 4.99. The Morgan fingerprint density at radius 3 is 2.93 bits per heavy atom. The van der Waals surface area contributed by atoms with Crippen molar-refractivity contribution in [2.45, 2.75) is 17.9 Å². The number of hydrogen-bond acceptors (Lipinski definition) is 5. The Morgan fingerprint density at radius 2 is 2.33 bits per heavy atom. The van der Waals surface area contributed by atoms with Gasteiger partial charge in [0, 0.05) is 18.8 Å². The van der Waals surface area contributed by atoms with Crippen molar-refractivity contribution in [1.29, 1.82) is 0 Å². The molecule has 0 aromatic carbocycles. The van der Waals surface area contributed by atoms with Gasteiger partial charge in [-0.1, -0.05) is 0 Å². The predicted octanol–water partition coefficient (Wildman–Crippen LogP) is 1.46. The van der Waals surface area contributed by atoms with Crippen LogP contribution in [0.15, 0.2) is 6.07 Å². The zero-order valence-corrected chi connectivity index (χ0v) is 9.80. The largest absolute Gasteiger partial charge is 0.379 e. The standard InChI is InChI=1S/C10H15N3OS/c1-7-3-9(11-2)13-10(12-7)6-15-8-4-14-5-8/h3,8H,4-6H2,1-2H3,(H,11,12,13). The normalized spacial score (nSPS) is 16.1. The fraction of sp³-hybridized carbons (Fsp3) is 0.600. The van der Waals surface area contributed by atoms with Gasteiger partial charge in [-0.25, -0.2) is 9.97 Å². The molecule has 0 radical (unpaired) electrons. The maximum absolute atomic E-state index is 5.12. The van der Waals surface area contributed by atoms with E-state index in [1.54, 1.807) is 0 Å². The number of ether oxygens (including phenoxy) is 1. The van der Waals surface area contributed by atoms with Crippen LogP contribution in [0.4, 0.5) is 5.82 Å².